The second kappa shape index (κ2) is 61.2. The highest BCUT2D eigenvalue weighted by Crippen LogP contribution is 2.16. The Morgan fingerprint density at radius 2 is 0.600 bits per heavy atom. The molecule has 1 unspecified atom stereocenters. The minimum Gasteiger partial charge on any atom is -0.462 e. The Labute approximate surface area is 437 Å². The van der Waals surface area contributed by atoms with E-state index in [4.69, 9.17) is 14.2 Å². The molecule has 0 aliphatic heterocycles. The van der Waals surface area contributed by atoms with Gasteiger partial charge in [0.1, 0.15) is 6.61 Å². The second-order valence-electron chi connectivity index (χ2n) is 21.0. The Morgan fingerprint density at radius 1 is 0.314 bits per heavy atom. The fourth-order valence-electron chi connectivity index (χ4n) is 9.16. The molecule has 0 rings (SSSR count). The van der Waals surface area contributed by atoms with Gasteiger partial charge in [-0.2, -0.15) is 0 Å². The summed E-state index contributed by atoms with van der Waals surface area (Å²) in [6.45, 7) is 7.84. The van der Waals surface area contributed by atoms with Crippen LogP contribution in [0.2, 0.25) is 0 Å². The second-order valence-corrected chi connectivity index (χ2v) is 21.0. The van der Waals surface area contributed by atoms with Gasteiger partial charge in [-0.15, -0.1) is 0 Å². The molecule has 70 heavy (non-hydrogen) atoms. The molecule has 0 radical (unpaired) electrons. The molecule has 0 bridgehead atoms. The fourth-order valence-corrected chi connectivity index (χ4v) is 9.16. The Hall–Kier alpha value is -2.14. The number of hydrogen-bond donors (Lipinski definition) is 0. The molecule has 0 aromatic rings. The highest BCUT2D eigenvalue weighted by atomic mass is 16.6. The average molecular weight is 982 g/mol. The molecular weight excluding hydrogens is 861 g/mol. The molecule has 0 heterocycles. The maximum atomic E-state index is 12.9. The predicted octanol–water partition coefficient (Wildman–Crippen LogP) is 21.5. The number of esters is 2. The Kier molecular flexibility index (Phi) is 59.3. The van der Waals surface area contributed by atoms with Crippen molar-refractivity contribution < 1.29 is 23.8 Å². The zero-order valence-corrected chi connectivity index (χ0v) is 47.3. The average Bonchev–Trinajstić information content (AvgIpc) is 3.36. The van der Waals surface area contributed by atoms with Crippen molar-refractivity contribution in [1.29, 1.82) is 0 Å². The molecule has 410 valence electrons. The molecule has 0 N–H and O–H groups in total. The van der Waals surface area contributed by atoms with Gasteiger partial charge < -0.3 is 14.2 Å². The van der Waals surface area contributed by atoms with Crippen LogP contribution in [0.4, 0.5) is 0 Å². The van der Waals surface area contributed by atoms with Crippen molar-refractivity contribution in [1.82, 2.24) is 0 Å². The summed E-state index contributed by atoms with van der Waals surface area (Å²) < 4.78 is 17.5. The molecule has 0 fully saturated rings. The van der Waals surface area contributed by atoms with Crippen LogP contribution in [0, 0.1) is 0 Å². The van der Waals surface area contributed by atoms with Crippen LogP contribution in [0.5, 0.6) is 0 Å². The first-order chi connectivity index (χ1) is 34.6. The molecule has 0 spiro atoms. The van der Waals surface area contributed by atoms with Crippen LogP contribution >= 0.6 is 0 Å². The SMILES string of the molecule is CCCCC/C=C\C/C=C\C/C=C\CCCCCCCCC(=O)OCC(COCCCCCCCCCCCC/C=C\CCCCCCCC)OC(=O)CCCCCCCCCCCCCCCCC. The molecule has 0 saturated heterocycles. The fraction of sp³-hybridized carbons (Fsp3) is 0.846. The molecule has 5 heteroatoms. The van der Waals surface area contributed by atoms with Crippen LogP contribution in [0.1, 0.15) is 329 Å². The predicted molar refractivity (Wildman–Crippen MR) is 307 cm³/mol. The molecule has 1 atom stereocenters. The van der Waals surface area contributed by atoms with E-state index in [2.05, 4.69) is 69.4 Å². The van der Waals surface area contributed by atoms with Gasteiger partial charge in [0.2, 0.25) is 0 Å². The minimum absolute atomic E-state index is 0.0822. The van der Waals surface area contributed by atoms with E-state index in [9.17, 15) is 9.59 Å². The van der Waals surface area contributed by atoms with Gasteiger partial charge >= 0.3 is 11.9 Å². The summed E-state index contributed by atoms with van der Waals surface area (Å²) in [6, 6.07) is 0. The number of carbonyl (C=O) groups is 2. The first-order valence-corrected chi connectivity index (χ1v) is 31.2. The van der Waals surface area contributed by atoms with Gasteiger partial charge in [-0.05, 0) is 83.5 Å². The Morgan fingerprint density at radius 3 is 1.00 bits per heavy atom. The number of allylic oxidation sites excluding steroid dienone is 8. The van der Waals surface area contributed by atoms with Crippen LogP contribution in [-0.4, -0.2) is 37.9 Å². The highest BCUT2D eigenvalue weighted by molar-refractivity contribution is 5.70. The summed E-state index contributed by atoms with van der Waals surface area (Å²) >= 11 is 0. The molecule has 0 aromatic carbocycles. The third-order valence-electron chi connectivity index (χ3n) is 13.8. The number of unbranched alkanes of at least 4 members (excludes halogenated alkanes) is 39. The summed E-state index contributed by atoms with van der Waals surface area (Å²) in [5.41, 5.74) is 0. The summed E-state index contributed by atoms with van der Waals surface area (Å²) in [7, 11) is 0. The van der Waals surface area contributed by atoms with Gasteiger partial charge in [0.25, 0.3) is 0 Å². The maximum Gasteiger partial charge on any atom is 0.306 e. The van der Waals surface area contributed by atoms with E-state index < -0.39 is 6.10 Å². The number of rotatable bonds is 58. The normalized spacial score (nSPS) is 12.4. The quantitative estimate of drug-likeness (QED) is 0.0345. The van der Waals surface area contributed by atoms with E-state index in [0.717, 1.165) is 64.2 Å². The van der Waals surface area contributed by atoms with Gasteiger partial charge in [-0.25, -0.2) is 0 Å². The van der Waals surface area contributed by atoms with Gasteiger partial charge in [0.15, 0.2) is 6.10 Å². The van der Waals surface area contributed by atoms with Crippen molar-refractivity contribution in [2.24, 2.45) is 0 Å². The van der Waals surface area contributed by atoms with Crippen LogP contribution in [0.3, 0.4) is 0 Å². The lowest BCUT2D eigenvalue weighted by molar-refractivity contribution is -0.163. The molecule has 0 amide bonds. The van der Waals surface area contributed by atoms with E-state index in [1.54, 1.807) is 0 Å². The van der Waals surface area contributed by atoms with E-state index in [1.807, 2.05) is 0 Å². The van der Waals surface area contributed by atoms with Crippen molar-refractivity contribution in [2.75, 3.05) is 19.8 Å². The van der Waals surface area contributed by atoms with Crippen LogP contribution < -0.4 is 0 Å². The van der Waals surface area contributed by atoms with Crippen molar-refractivity contribution in [3.8, 4) is 0 Å². The molecule has 5 nitrogen and oxygen atoms in total. The zero-order valence-electron chi connectivity index (χ0n) is 47.3. The highest BCUT2D eigenvalue weighted by Gasteiger charge is 2.17. The van der Waals surface area contributed by atoms with E-state index in [1.165, 1.54) is 231 Å². The molecular formula is C65H120O5. The van der Waals surface area contributed by atoms with Crippen molar-refractivity contribution in [3.63, 3.8) is 0 Å². The maximum absolute atomic E-state index is 12.9. The summed E-state index contributed by atoms with van der Waals surface area (Å²) in [5.74, 6) is -0.393. The van der Waals surface area contributed by atoms with Gasteiger partial charge in [0.05, 0.1) is 6.61 Å². The van der Waals surface area contributed by atoms with Crippen molar-refractivity contribution in [3.05, 3.63) is 48.6 Å². The first kappa shape index (κ1) is 67.9. The smallest absolute Gasteiger partial charge is 0.306 e. The Balaban J connectivity index is 4.25. The van der Waals surface area contributed by atoms with E-state index in [0.29, 0.717) is 19.4 Å². The lowest BCUT2D eigenvalue weighted by atomic mass is 10.0. The summed E-state index contributed by atoms with van der Waals surface area (Å²) in [6.07, 6.45) is 77.1. The monoisotopic (exact) mass is 981 g/mol. The third kappa shape index (κ3) is 58.4. The number of ether oxygens (including phenoxy) is 3. The summed E-state index contributed by atoms with van der Waals surface area (Å²) in [5, 5.41) is 0. The topological polar surface area (TPSA) is 61.8 Å². The van der Waals surface area contributed by atoms with Gasteiger partial charge in [-0.1, -0.05) is 281 Å². The van der Waals surface area contributed by atoms with Crippen molar-refractivity contribution in [2.45, 2.75) is 335 Å². The third-order valence-corrected chi connectivity index (χ3v) is 13.8. The van der Waals surface area contributed by atoms with Gasteiger partial charge in [-0.3, -0.25) is 9.59 Å². The van der Waals surface area contributed by atoms with Crippen LogP contribution in [-0.2, 0) is 23.8 Å². The molecule has 0 aromatic heterocycles. The van der Waals surface area contributed by atoms with E-state index >= 15 is 0 Å². The largest absolute Gasteiger partial charge is 0.462 e. The number of carbonyl (C=O) groups excluding carboxylic acids is 2. The minimum atomic E-state index is -0.541. The van der Waals surface area contributed by atoms with Crippen LogP contribution in [0.25, 0.3) is 0 Å². The summed E-state index contributed by atoms with van der Waals surface area (Å²) in [4.78, 5) is 25.6. The van der Waals surface area contributed by atoms with Crippen molar-refractivity contribution >= 4 is 11.9 Å². The Bertz CT molecular complexity index is 1150. The molecule has 0 saturated carbocycles. The first-order valence-electron chi connectivity index (χ1n) is 31.2. The lowest BCUT2D eigenvalue weighted by Gasteiger charge is -2.18. The molecule has 0 aliphatic rings. The number of hydrogen-bond acceptors (Lipinski definition) is 5. The molecule has 0 aliphatic carbocycles. The standard InChI is InChI=1S/C65H120O5/c1-4-7-10-13-16-19-22-25-28-30-32-34-36-39-42-45-48-51-54-57-60-68-61-63(70-65(67)59-56-53-50-47-44-41-37-27-24-21-18-15-12-9-6-3)62-69-64(66)58-55-52-49-46-43-40-38-35-33-31-29-26-23-20-17-14-11-8-5-2/h17,20,25-26,28-29,33,35,63H,4-16,18-19,21-24,27,30-32,34,36-62H2,1-3H3/b20-17-,28-25-,29-26-,35-33-. The lowest BCUT2D eigenvalue weighted by Crippen LogP contribution is -2.30. The van der Waals surface area contributed by atoms with Gasteiger partial charge in [0, 0.05) is 19.4 Å². The van der Waals surface area contributed by atoms with E-state index in [-0.39, 0.29) is 25.2 Å². The zero-order chi connectivity index (χ0) is 50.6. The van der Waals surface area contributed by atoms with Crippen LogP contribution in [0.15, 0.2) is 48.6 Å².